The molecule has 13 heavy (non-hydrogen) atoms. The van der Waals surface area contributed by atoms with Gasteiger partial charge in [-0.3, -0.25) is 4.79 Å². The zero-order valence-corrected chi connectivity index (χ0v) is 6.90. The number of Topliss-reactive ketones (excluding diaryl/α,β-unsaturated/α-hetero) is 1. The fourth-order valence-electron chi connectivity index (χ4n) is 0.982. The summed E-state index contributed by atoms with van der Waals surface area (Å²) in [6.45, 7) is -0.560. The summed E-state index contributed by atoms with van der Waals surface area (Å²) in [7, 11) is 0. The van der Waals surface area contributed by atoms with Crippen molar-refractivity contribution in [3.8, 4) is 11.5 Å². The zero-order chi connectivity index (χ0) is 9.84. The third-order valence-corrected chi connectivity index (χ3v) is 1.63. The van der Waals surface area contributed by atoms with E-state index in [1.54, 1.807) is 0 Å². The van der Waals surface area contributed by atoms with Crippen LogP contribution in [0.5, 0.6) is 11.5 Å². The number of hydrogen-bond donors (Lipinski definition) is 3. The number of carbonyl (C=O) groups excluding carboxylic acids is 1. The molecule has 3 N–H and O–H groups in total. The van der Waals surface area contributed by atoms with E-state index in [2.05, 4.69) is 0 Å². The third kappa shape index (κ3) is 2.45. The summed E-state index contributed by atoms with van der Waals surface area (Å²) in [5.41, 5.74) is 0.319. The van der Waals surface area contributed by atoms with Gasteiger partial charge in [-0.05, 0) is 18.2 Å². The normalized spacial score (nSPS) is 9.92. The molecule has 0 bridgehead atoms. The summed E-state index contributed by atoms with van der Waals surface area (Å²) in [6, 6.07) is 3.92. The highest BCUT2D eigenvalue weighted by Gasteiger charge is 2.07. The summed E-state index contributed by atoms with van der Waals surface area (Å²) in [6.07, 6.45) is -0.0727. The Labute approximate surface area is 75.1 Å². The number of aromatic hydroxyl groups is 2. The molecule has 0 aliphatic heterocycles. The molecule has 0 saturated carbocycles. The van der Waals surface area contributed by atoms with Gasteiger partial charge in [0, 0.05) is 12.0 Å². The monoisotopic (exact) mass is 182 g/mol. The van der Waals surface area contributed by atoms with E-state index in [-0.39, 0.29) is 17.9 Å². The van der Waals surface area contributed by atoms with Gasteiger partial charge in [0.25, 0.3) is 0 Å². The maximum Gasteiger partial charge on any atom is 0.162 e. The predicted octanol–water partition coefficient (Wildman–Crippen LogP) is 0.202. The first kappa shape index (κ1) is 9.54. The number of phenols is 2. The number of rotatable bonds is 3. The van der Waals surface area contributed by atoms with E-state index in [0.29, 0.717) is 5.56 Å². The molecule has 0 aromatic heterocycles. The molecule has 1 aromatic carbocycles. The highest BCUT2D eigenvalue weighted by molar-refractivity contribution is 5.82. The quantitative estimate of drug-likeness (QED) is 0.583. The second kappa shape index (κ2) is 3.91. The molecule has 0 aliphatic rings. The van der Waals surface area contributed by atoms with Crippen molar-refractivity contribution in [2.45, 2.75) is 6.42 Å². The molecule has 0 unspecified atom stereocenters. The van der Waals surface area contributed by atoms with Crippen LogP contribution >= 0.6 is 0 Å². The van der Waals surface area contributed by atoms with Gasteiger partial charge in [0.15, 0.2) is 5.78 Å². The fourth-order valence-corrected chi connectivity index (χ4v) is 0.982. The highest BCUT2D eigenvalue weighted by atomic mass is 16.3. The molecule has 0 radical (unpaired) electrons. The molecular weight excluding hydrogens is 172 g/mol. The zero-order valence-electron chi connectivity index (χ0n) is 6.90. The van der Waals surface area contributed by atoms with Gasteiger partial charge in [0.2, 0.25) is 0 Å². The molecule has 4 nitrogen and oxygen atoms in total. The Balaban J connectivity index is 2.87. The van der Waals surface area contributed by atoms with Gasteiger partial charge in [-0.1, -0.05) is 0 Å². The van der Waals surface area contributed by atoms with E-state index in [9.17, 15) is 9.90 Å². The number of hydrogen-bond acceptors (Lipinski definition) is 4. The summed E-state index contributed by atoms with van der Waals surface area (Å²) in [4.78, 5) is 10.8. The number of carbonyl (C=O) groups is 1. The van der Waals surface area contributed by atoms with Gasteiger partial charge in [-0.2, -0.15) is 0 Å². The lowest BCUT2D eigenvalue weighted by Gasteiger charge is -2.02. The van der Waals surface area contributed by atoms with Crippen molar-refractivity contribution < 1.29 is 20.1 Å². The van der Waals surface area contributed by atoms with Crippen LogP contribution in [0.4, 0.5) is 0 Å². The minimum Gasteiger partial charge on any atom is -0.508 e. The molecule has 0 aliphatic carbocycles. The fraction of sp³-hybridized carbons (Fsp3) is 0.222. The molecule has 70 valence electrons. The third-order valence-electron chi connectivity index (χ3n) is 1.63. The van der Waals surface area contributed by atoms with Crippen LogP contribution in [-0.4, -0.2) is 27.7 Å². The lowest BCUT2D eigenvalue weighted by Crippen LogP contribution is -2.07. The van der Waals surface area contributed by atoms with Crippen LogP contribution < -0.4 is 0 Å². The Morgan fingerprint density at radius 3 is 2.62 bits per heavy atom. The van der Waals surface area contributed by atoms with Crippen molar-refractivity contribution in [3.05, 3.63) is 23.8 Å². The van der Waals surface area contributed by atoms with Gasteiger partial charge in [-0.15, -0.1) is 0 Å². The van der Waals surface area contributed by atoms with Crippen LogP contribution in [0.25, 0.3) is 0 Å². The second-order valence-electron chi connectivity index (χ2n) is 2.69. The average molecular weight is 182 g/mol. The first-order valence-corrected chi connectivity index (χ1v) is 3.77. The van der Waals surface area contributed by atoms with Crippen molar-refractivity contribution in [1.29, 1.82) is 0 Å². The standard InChI is InChI=1S/C9H10O4/c10-5-8(12)4-6-3-7(11)1-2-9(6)13/h1-3,10-11,13H,4-5H2. The molecule has 4 heteroatoms. The Morgan fingerprint density at radius 2 is 2.00 bits per heavy atom. The van der Waals surface area contributed by atoms with Gasteiger partial charge in [0.1, 0.15) is 18.1 Å². The Morgan fingerprint density at radius 1 is 1.31 bits per heavy atom. The number of benzene rings is 1. The Hall–Kier alpha value is -1.55. The SMILES string of the molecule is O=C(CO)Cc1cc(O)ccc1O. The maximum atomic E-state index is 10.8. The van der Waals surface area contributed by atoms with Crippen molar-refractivity contribution in [3.63, 3.8) is 0 Å². The molecule has 0 atom stereocenters. The average Bonchev–Trinajstić information content (AvgIpc) is 2.11. The first-order chi connectivity index (χ1) is 6.13. The lowest BCUT2D eigenvalue weighted by molar-refractivity contribution is -0.121. The van der Waals surface area contributed by atoms with E-state index in [1.807, 2.05) is 0 Å². The van der Waals surface area contributed by atoms with Crippen LogP contribution in [0.15, 0.2) is 18.2 Å². The van der Waals surface area contributed by atoms with E-state index in [0.717, 1.165) is 0 Å². The predicted molar refractivity (Wildman–Crippen MR) is 45.6 cm³/mol. The van der Waals surface area contributed by atoms with Gasteiger partial charge in [0.05, 0.1) is 0 Å². The van der Waals surface area contributed by atoms with Crippen LogP contribution in [0.1, 0.15) is 5.56 Å². The summed E-state index contributed by atoms with van der Waals surface area (Å²) in [5, 5.41) is 26.7. The van der Waals surface area contributed by atoms with Crippen molar-refractivity contribution >= 4 is 5.78 Å². The van der Waals surface area contributed by atoms with Crippen molar-refractivity contribution in [1.82, 2.24) is 0 Å². The van der Waals surface area contributed by atoms with E-state index in [1.165, 1.54) is 18.2 Å². The van der Waals surface area contributed by atoms with E-state index in [4.69, 9.17) is 10.2 Å². The first-order valence-electron chi connectivity index (χ1n) is 3.77. The van der Waals surface area contributed by atoms with Crippen LogP contribution in [0.2, 0.25) is 0 Å². The largest absolute Gasteiger partial charge is 0.508 e. The molecule has 0 saturated heterocycles. The van der Waals surface area contributed by atoms with Crippen molar-refractivity contribution in [2.75, 3.05) is 6.61 Å². The lowest BCUT2D eigenvalue weighted by atomic mass is 10.1. The maximum absolute atomic E-state index is 10.8. The van der Waals surface area contributed by atoms with Crippen LogP contribution in [-0.2, 0) is 11.2 Å². The highest BCUT2D eigenvalue weighted by Crippen LogP contribution is 2.22. The number of aliphatic hydroxyl groups is 1. The molecule has 0 spiro atoms. The minimum atomic E-state index is -0.560. The smallest absolute Gasteiger partial charge is 0.162 e. The van der Waals surface area contributed by atoms with Crippen LogP contribution in [0.3, 0.4) is 0 Å². The molecule has 0 amide bonds. The van der Waals surface area contributed by atoms with E-state index < -0.39 is 12.4 Å². The topological polar surface area (TPSA) is 77.8 Å². The number of ketones is 1. The Kier molecular flexibility index (Phi) is 2.87. The molecule has 1 aromatic rings. The van der Waals surface area contributed by atoms with E-state index >= 15 is 0 Å². The van der Waals surface area contributed by atoms with Crippen LogP contribution in [0, 0.1) is 0 Å². The molecule has 0 fully saturated rings. The summed E-state index contributed by atoms with van der Waals surface area (Å²) < 4.78 is 0. The number of phenolic OH excluding ortho intramolecular Hbond substituents is 2. The van der Waals surface area contributed by atoms with Gasteiger partial charge < -0.3 is 15.3 Å². The van der Waals surface area contributed by atoms with Gasteiger partial charge >= 0.3 is 0 Å². The second-order valence-corrected chi connectivity index (χ2v) is 2.69. The van der Waals surface area contributed by atoms with Gasteiger partial charge in [-0.25, -0.2) is 0 Å². The summed E-state index contributed by atoms with van der Waals surface area (Å²) >= 11 is 0. The molecule has 1 rings (SSSR count). The minimum absolute atomic E-state index is 0.0152. The van der Waals surface area contributed by atoms with Crippen molar-refractivity contribution in [2.24, 2.45) is 0 Å². The summed E-state index contributed by atoms with van der Waals surface area (Å²) in [5.74, 6) is -0.473. The number of aliphatic hydroxyl groups excluding tert-OH is 1. The molecular formula is C9H10O4. The Bertz CT molecular complexity index is 319. The molecule has 0 heterocycles.